The quantitative estimate of drug-likeness (QED) is 0.479. The van der Waals surface area contributed by atoms with Gasteiger partial charge >= 0.3 is 5.97 Å². The van der Waals surface area contributed by atoms with E-state index in [4.69, 9.17) is 0 Å². The number of hydrogen-bond acceptors (Lipinski definition) is 2. The number of rotatable bonds is 6. The van der Waals surface area contributed by atoms with Gasteiger partial charge in [-0.1, -0.05) is 53.9 Å². The molecule has 31 heavy (non-hydrogen) atoms. The lowest BCUT2D eigenvalue weighted by Gasteiger charge is -2.64. The second-order valence-corrected chi connectivity index (χ2v) is 13.1. The summed E-state index contributed by atoms with van der Waals surface area (Å²) in [5, 5.41) is 20.8. The van der Waals surface area contributed by atoms with Crippen LogP contribution >= 0.6 is 0 Å². The molecule has 0 saturated heterocycles. The van der Waals surface area contributed by atoms with Gasteiger partial charge in [0.1, 0.15) is 0 Å². The van der Waals surface area contributed by atoms with E-state index in [0.29, 0.717) is 23.7 Å². The van der Waals surface area contributed by atoms with Crippen molar-refractivity contribution < 1.29 is 15.0 Å². The van der Waals surface area contributed by atoms with Gasteiger partial charge in [0.05, 0.1) is 11.5 Å². The summed E-state index contributed by atoms with van der Waals surface area (Å²) in [6, 6.07) is 0. The average Bonchev–Trinajstić information content (AvgIpc) is 3.05. The first kappa shape index (κ1) is 23.6. The summed E-state index contributed by atoms with van der Waals surface area (Å²) in [5.41, 5.74) is -0.406. The minimum atomic E-state index is -0.707. The average molecular weight is 433 g/mol. The Morgan fingerprint density at radius 1 is 0.935 bits per heavy atom. The van der Waals surface area contributed by atoms with E-state index in [1.165, 1.54) is 44.9 Å². The molecule has 4 aliphatic rings. The number of carboxylic acid groups (broad SMARTS) is 1. The Morgan fingerprint density at radius 3 is 2.35 bits per heavy atom. The van der Waals surface area contributed by atoms with Gasteiger partial charge in [-0.3, -0.25) is 4.79 Å². The molecule has 0 heterocycles. The molecule has 4 fully saturated rings. The second-order valence-electron chi connectivity index (χ2n) is 13.1. The fraction of sp³-hybridized carbons (Fsp3) is 0.964. The smallest absolute Gasteiger partial charge is 0.310 e. The van der Waals surface area contributed by atoms with Crippen molar-refractivity contribution in [1.29, 1.82) is 0 Å². The molecule has 4 saturated carbocycles. The number of fused-ring (bicyclic) bond motifs is 5. The van der Waals surface area contributed by atoms with Gasteiger partial charge in [0.25, 0.3) is 0 Å². The van der Waals surface area contributed by atoms with Gasteiger partial charge in [-0.05, 0) is 104 Å². The third-order valence-corrected chi connectivity index (χ3v) is 11.4. The Kier molecular flexibility index (Phi) is 6.34. The number of aliphatic carboxylic acids is 1. The lowest BCUT2D eigenvalue weighted by molar-refractivity contribution is -0.202. The molecule has 0 spiro atoms. The maximum atomic E-state index is 12.6. The van der Waals surface area contributed by atoms with Gasteiger partial charge in [0, 0.05) is 0 Å². The minimum absolute atomic E-state index is 0.150. The number of aliphatic hydroxyl groups is 1. The van der Waals surface area contributed by atoms with Gasteiger partial charge in [0.15, 0.2) is 0 Å². The van der Waals surface area contributed by atoms with Crippen molar-refractivity contribution in [2.24, 2.45) is 51.8 Å². The van der Waals surface area contributed by atoms with Crippen LogP contribution in [0.25, 0.3) is 0 Å². The first-order chi connectivity index (χ1) is 14.5. The number of aliphatic hydroxyl groups excluding tert-OH is 1. The second kappa shape index (κ2) is 8.33. The number of carbonyl (C=O) groups is 1. The van der Waals surface area contributed by atoms with Crippen molar-refractivity contribution in [2.45, 2.75) is 118 Å². The molecule has 0 aliphatic heterocycles. The molecular formula is C28H48O3. The van der Waals surface area contributed by atoms with Gasteiger partial charge < -0.3 is 10.2 Å². The Hall–Kier alpha value is -0.570. The summed E-state index contributed by atoms with van der Waals surface area (Å²) < 4.78 is 0. The monoisotopic (exact) mass is 432 g/mol. The molecule has 3 heteroatoms. The van der Waals surface area contributed by atoms with Gasteiger partial charge in [-0.2, -0.15) is 0 Å². The highest BCUT2D eigenvalue weighted by Gasteiger charge is 2.67. The van der Waals surface area contributed by atoms with Crippen LogP contribution in [-0.4, -0.2) is 22.3 Å². The van der Waals surface area contributed by atoms with E-state index in [2.05, 4.69) is 34.6 Å². The summed E-state index contributed by atoms with van der Waals surface area (Å²) in [6.07, 6.45) is 12.9. The minimum Gasteiger partial charge on any atom is -0.481 e. The van der Waals surface area contributed by atoms with Crippen molar-refractivity contribution in [3.8, 4) is 0 Å². The lowest BCUT2D eigenvalue weighted by Crippen LogP contribution is -2.62. The molecular weight excluding hydrogens is 384 g/mol. The Bertz CT molecular complexity index is 673. The van der Waals surface area contributed by atoms with Crippen molar-refractivity contribution in [3.05, 3.63) is 0 Å². The predicted molar refractivity (Wildman–Crippen MR) is 126 cm³/mol. The van der Waals surface area contributed by atoms with E-state index in [9.17, 15) is 15.0 Å². The molecule has 0 aromatic carbocycles. The fourth-order valence-corrected chi connectivity index (χ4v) is 9.73. The number of carboxylic acids is 1. The van der Waals surface area contributed by atoms with Crippen molar-refractivity contribution >= 4 is 5.97 Å². The summed E-state index contributed by atoms with van der Waals surface area (Å²) in [5.74, 6) is 3.83. The molecule has 0 radical (unpaired) electrons. The zero-order valence-corrected chi connectivity index (χ0v) is 20.8. The molecule has 0 amide bonds. The van der Waals surface area contributed by atoms with Crippen LogP contribution in [0.2, 0.25) is 0 Å². The predicted octanol–water partition coefficient (Wildman–Crippen LogP) is 6.92. The number of hydrogen-bond donors (Lipinski definition) is 2. The normalized spacial score (nSPS) is 48.0. The first-order valence-electron chi connectivity index (χ1n) is 13.5. The molecule has 178 valence electrons. The van der Waals surface area contributed by atoms with E-state index in [-0.39, 0.29) is 5.41 Å². The Labute approximate surface area is 190 Å². The highest BCUT2D eigenvalue weighted by Crippen LogP contribution is 2.71. The third-order valence-electron chi connectivity index (χ3n) is 11.4. The third kappa shape index (κ3) is 3.60. The highest BCUT2D eigenvalue weighted by molar-refractivity contribution is 5.76. The summed E-state index contributed by atoms with van der Waals surface area (Å²) >= 11 is 0. The van der Waals surface area contributed by atoms with Crippen LogP contribution in [0.4, 0.5) is 0 Å². The van der Waals surface area contributed by atoms with Crippen LogP contribution in [0.5, 0.6) is 0 Å². The van der Waals surface area contributed by atoms with Crippen LogP contribution in [0.1, 0.15) is 112 Å². The fourth-order valence-electron chi connectivity index (χ4n) is 9.73. The van der Waals surface area contributed by atoms with Gasteiger partial charge in [0.2, 0.25) is 0 Å². The van der Waals surface area contributed by atoms with Crippen molar-refractivity contribution in [2.75, 3.05) is 0 Å². The molecule has 0 aromatic heterocycles. The van der Waals surface area contributed by atoms with E-state index in [1.54, 1.807) is 0 Å². The van der Waals surface area contributed by atoms with Crippen LogP contribution in [0.15, 0.2) is 0 Å². The standard InChI is InChI=1S/C28H48O3/c1-18(2)7-6-8-19(3)22-9-10-23-21-12-16-28(25(30)31)17-20(29)11-15-27(28,5)24(21)13-14-26(22,23)4/h18-24,29H,6-17H2,1-5H3,(H,30,31)/t19-,20?,21+,22-,23+,24+,26-,27-,28?/m1/s1. The van der Waals surface area contributed by atoms with Gasteiger partial charge in [-0.25, -0.2) is 0 Å². The zero-order chi connectivity index (χ0) is 22.6. The zero-order valence-electron chi connectivity index (χ0n) is 20.8. The summed E-state index contributed by atoms with van der Waals surface area (Å²) in [6.45, 7) is 12.1. The molecule has 2 N–H and O–H groups in total. The van der Waals surface area contributed by atoms with Crippen LogP contribution in [-0.2, 0) is 4.79 Å². The van der Waals surface area contributed by atoms with Crippen LogP contribution in [0.3, 0.4) is 0 Å². The van der Waals surface area contributed by atoms with E-state index in [0.717, 1.165) is 49.4 Å². The van der Waals surface area contributed by atoms with E-state index >= 15 is 0 Å². The molecule has 3 nitrogen and oxygen atoms in total. The van der Waals surface area contributed by atoms with Crippen molar-refractivity contribution in [1.82, 2.24) is 0 Å². The lowest BCUT2D eigenvalue weighted by atomic mass is 9.39. The highest BCUT2D eigenvalue weighted by atomic mass is 16.4. The summed E-state index contributed by atoms with van der Waals surface area (Å²) in [4.78, 5) is 12.6. The molecule has 0 aromatic rings. The maximum Gasteiger partial charge on any atom is 0.310 e. The van der Waals surface area contributed by atoms with Crippen LogP contribution in [0, 0.1) is 51.8 Å². The molecule has 4 rings (SSSR count). The molecule has 0 bridgehead atoms. The molecule has 4 aliphatic carbocycles. The van der Waals surface area contributed by atoms with E-state index < -0.39 is 17.5 Å². The van der Waals surface area contributed by atoms with Crippen molar-refractivity contribution in [3.63, 3.8) is 0 Å². The van der Waals surface area contributed by atoms with Gasteiger partial charge in [-0.15, -0.1) is 0 Å². The first-order valence-corrected chi connectivity index (χ1v) is 13.5. The Balaban J connectivity index is 1.54. The molecule has 9 atom stereocenters. The Morgan fingerprint density at radius 2 is 1.68 bits per heavy atom. The summed E-state index contributed by atoms with van der Waals surface area (Å²) in [7, 11) is 0. The molecule has 2 unspecified atom stereocenters. The SMILES string of the molecule is CC(C)CCC[C@@H](C)[C@H]1CC[C@H]2[C@@H]3CCC4(C(=O)O)CC(O)CC[C@]4(C)[C@H]3CC[C@]12C. The largest absolute Gasteiger partial charge is 0.481 e. The topological polar surface area (TPSA) is 57.5 Å². The van der Waals surface area contributed by atoms with E-state index in [1.807, 2.05) is 0 Å². The maximum absolute atomic E-state index is 12.6. The van der Waals surface area contributed by atoms with Crippen LogP contribution < -0.4 is 0 Å².